The number of carboxylic acids is 1. The van der Waals surface area contributed by atoms with Gasteiger partial charge in [-0.1, -0.05) is 30.0 Å². The number of thioether (sulfide) groups is 1. The second-order valence-corrected chi connectivity index (χ2v) is 7.96. The maximum absolute atomic E-state index is 12.6. The van der Waals surface area contributed by atoms with Crippen LogP contribution in [-0.2, 0) is 4.79 Å². The molecule has 146 valence electrons. The number of carbonyl (C=O) groups excluding carboxylic acids is 1. The fraction of sp³-hybridized carbons (Fsp3) is 0.143. The molecule has 1 unspecified atom stereocenters. The molecule has 4 rings (SSSR count). The molecule has 0 fully saturated rings. The molecule has 0 aliphatic carbocycles. The molecule has 0 bridgehead atoms. The molecule has 0 aliphatic rings. The van der Waals surface area contributed by atoms with Crippen LogP contribution in [0.5, 0.6) is 0 Å². The van der Waals surface area contributed by atoms with Gasteiger partial charge in [0, 0.05) is 11.1 Å². The molecule has 7 nitrogen and oxygen atoms in total. The normalized spacial score (nSPS) is 12.2. The zero-order valence-corrected chi connectivity index (χ0v) is 16.6. The number of aromatic carboxylic acids is 1. The Bertz CT molecular complexity index is 1230. The summed E-state index contributed by atoms with van der Waals surface area (Å²) in [5, 5.41) is 21.6. The molecule has 0 radical (unpaired) electrons. The number of pyridine rings is 1. The quantitative estimate of drug-likeness (QED) is 0.486. The van der Waals surface area contributed by atoms with Gasteiger partial charge in [-0.2, -0.15) is 0 Å². The highest BCUT2D eigenvalue weighted by molar-refractivity contribution is 8.00. The van der Waals surface area contributed by atoms with Crippen LogP contribution >= 0.6 is 11.8 Å². The van der Waals surface area contributed by atoms with Crippen LogP contribution in [0.4, 0.5) is 5.69 Å². The predicted octanol–water partition coefficient (Wildman–Crippen LogP) is 4.01. The summed E-state index contributed by atoms with van der Waals surface area (Å²) in [6.45, 7) is 3.83. The Morgan fingerprint density at radius 3 is 2.55 bits per heavy atom. The van der Waals surface area contributed by atoms with Gasteiger partial charge in [-0.3, -0.25) is 9.20 Å². The monoisotopic (exact) mass is 406 g/mol. The van der Waals surface area contributed by atoms with Crippen LogP contribution in [0.1, 0.15) is 22.8 Å². The number of hydrogen-bond donors (Lipinski definition) is 2. The van der Waals surface area contributed by atoms with Crippen LogP contribution in [-0.4, -0.2) is 36.8 Å². The molecule has 0 saturated carbocycles. The van der Waals surface area contributed by atoms with Crippen molar-refractivity contribution in [3.63, 3.8) is 0 Å². The summed E-state index contributed by atoms with van der Waals surface area (Å²) in [6.07, 6.45) is 0. The first kappa shape index (κ1) is 18.9. The SMILES string of the molecule is Cc1cc2nnc(SC(C)C(=O)Nc3ccc(C(=O)O)cc3)n2c2ccccc12. The minimum atomic E-state index is -1.01. The summed E-state index contributed by atoms with van der Waals surface area (Å²) >= 11 is 1.32. The lowest BCUT2D eigenvalue weighted by atomic mass is 10.1. The topological polar surface area (TPSA) is 96.6 Å². The minimum Gasteiger partial charge on any atom is -0.478 e. The molecule has 29 heavy (non-hydrogen) atoms. The minimum absolute atomic E-state index is 0.169. The molecule has 1 amide bonds. The second kappa shape index (κ2) is 7.56. The number of benzene rings is 2. The largest absolute Gasteiger partial charge is 0.478 e. The lowest BCUT2D eigenvalue weighted by Gasteiger charge is -2.12. The molecule has 2 aromatic heterocycles. The number of amides is 1. The third-order valence-electron chi connectivity index (χ3n) is 4.62. The van der Waals surface area contributed by atoms with Gasteiger partial charge in [0.05, 0.1) is 16.3 Å². The number of nitrogens with one attached hydrogen (secondary N) is 1. The molecule has 4 aromatic rings. The van der Waals surface area contributed by atoms with E-state index in [4.69, 9.17) is 5.11 Å². The van der Waals surface area contributed by atoms with Crippen molar-refractivity contribution >= 4 is 45.9 Å². The van der Waals surface area contributed by atoms with Crippen LogP contribution in [0.2, 0.25) is 0 Å². The van der Waals surface area contributed by atoms with Crippen molar-refractivity contribution in [2.75, 3.05) is 5.32 Å². The summed E-state index contributed by atoms with van der Waals surface area (Å²) < 4.78 is 1.96. The molecule has 0 aliphatic heterocycles. The van der Waals surface area contributed by atoms with Crippen molar-refractivity contribution in [1.82, 2.24) is 14.6 Å². The fourth-order valence-corrected chi connectivity index (χ4v) is 3.97. The van der Waals surface area contributed by atoms with E-state index in [0.717, 1.165) is 22.1 Å². The predicted molar refractivity (Wildman–Crippen MR) is 113 cm³/mol. The molecule has 0 saturated heterocycles. The third-order valence-corrected chi connectivity index (χ3v) is 5.67. The molecule has 8 heteroatoms. The number of aromatic nitrogens is 3. The molecular weight excluding hydrogens is 388 g/mol. The first-order valence-electron chi connectivity index (χ1n) is 8.98. The van der Waals surface area contributed by atoms with Gasteiger partial charge in [0.25, 0.3) is 0 Å². The van der Waals surface area contributed by atoms with Crippen LogP contribution in [0, 0.1) is 6.92 Å². The van der Waals surface area contributed by atoms with Crippen molar-refractivity contribution in [3.05, 3.63) is 65.7 Å². The van der Waals surface area contributed by atoms with E-state index in [1.165, 1.54) is 23.9 Å². The number of carbonyl (C=O) groups is 2. The number of hydrogen-bond acceptors (Lipinski definition) is 5. The number of anilines is 1. The molecule has 2 N–H and O–H groups in total. The number of fused-ring (bicyclic) bond motifs is 3. The highest BCUT2D eigenvalue weighted by Crippen LogP contribution is 2.28. The Balaban J connectivity index is 1.57. The van der Waals surface area contributed by atoms with Gasteiger partial charge < -0.3 is 10.4 Å². The van der Waals surface area contributed by atoms with Crippen LogP contribution in [0.3, 0.4) is 0 Å². The van der Waals surface area contributed by atoms with Gasteiger partial charge in [0.15, 0.2) is 10.8 Å². The molecule has 0 spiro atoms. The summed E-state index contributed by atoms with van der Waals surface area (Å²) in [6, 6.07) is 16.0. The van der Waals surface area contributed by atoms with Gasteiger partial charge in [-0.15, -0.1) is 10.2 Å². The first-order valence-corrected chi connectivity index (χ1v) is 9.86. The number of aryl methyl sites for hydroxylation is 1. The number of nitrogens with zero attached hydrogens (tertiary/aromatic N) is 3. The smallest absolute Gasteiger partial charge is 0.335 e. The van der Waals surface area contributed by atoms with Crippen molar-refractivity contribution in [2.24, 2.45) is 0 Å². The van der Waals surface area contributed by atoms with E-state index in [9.17, 15) is 9.59 Å². The Morgan fingerprint density at radius 1 is 1.10 bits per heavy atom. The van der Waals surface area contributed by atoms with Gasteiger partial charge in [0.1, 0.15) is 0 Å². The number of carboxylic acid groups (broad SMARTS) is 1. The Labute approximate surface area is 170 Å². The maximum Gasteiger partial charge on any atom is 0.335 e. The van der Waals surface area contributed by atoms with Crippen molar-refractivity contribution in [1.29, 1.82) is 0 Å². The average molecular weight is 406 g/mol. The zero-order chi connectivity index (χ0) is 20.5. The summed E-state index contributed by atoms with van der Waals surface area (Å²) in [5.74, 6) is -1.21. The summed E-state index contributed by atoms with van der Waals surface area (Å²) in [5.41, 5.74) is 3.56. The third kappa shape index (κ3) is 3.66. The molecule has 2 aromatic carbocycles. The van der Waals surface area contributed by atoms with E-state index < -0.39 is 11.2 Å². The molecule has 1 atom stereocenters. The standard InChI is InChI=1S/C21H18N4O3S/c1-12-11-18-23-24-21(25(18)17-6-4-3-5-16(12)17)29-13(2)19(26)22-15-9-7-14(8-10-15)20(27)28/h3-11,13H,1-2H3,(H,22,26)(H,27,28). The Kier molecular flexibility index (Phi) is 4.94. The Hall–Kier alpha value is -3.39. The molecule has 2 heterocycles. The van der Waals surface area contributed by atoms with E-state index in [-0.39, 0.29) is 11.5 Å². The van der Waals surface area contributed by atoms with Gasteiger partial charge in [-0.05, 0) is 55.8 Å². The van der Waals surface area contributed by atoms with Crippen molar-refractivity contribution in [3.8, 4) is 0 Å². The van der Waals surface area contributed by atoms with Crippen LogP contribution < -0.4 is 5.32 Å². The first-order chi connectivity index (χ1) is 13.9. The van der Waals surface area contributed by atoms with E-state index in [0.29, 0.717) is 10.8 Å². The number of para-hydroxylation sites is 1. The highest BCUT2D eigenvalue weighted by atomic mass is 32.2. The van der Waals surface area contributed by atoms with E-state index >= 15 is 0 Å². The van der Waals surface area contributed by atoms with E-state index in [2.05, 4.69) is 21.6 Å². The summed E-state index contributed by atoms with van der Waals surface area (Å²) in [7, 11) is 0. The lowest BCUT2D eigenvalue weighted by Crippen LogP contribution is -2.22. The fourth-order valence-electron chi connectivity index (χ4n) is 3.10. The average Bonchev–Trinajstić information content (AvgIpc) is 3.11. The molecular formula is C21H18N4O3S. The van der Waals surface area contributed by atoms with Crippen LogP contribution in [0.15, 0.2) is 59.8 Å². The van der Waals surface area contributed by atoms with Crippen molar-refractivity contribution in [2.45, 2.75) is 24.3 Å². The van der Waals surface area contributed by atoms with Crippen molar-refractivity contribution < 1.29 is 14.7 Å². The zero-order valence-electron chi connectivity index (χ0n) is 15.8. The van der Waals surface area contributed by atoms with Gasteiger partial charge in [-0.25, -0.2) is 4.79 Å². The van der Waals surface area contributed by atoms with Gasteiger partial charge >= 0.3 is 5.97 Å². The van der Waals surface area contributed by atoms with E-state index in [1.54, 1.807) is 19.1 Å². The number of rotatable bonds is 5. The Morgan fingerprint density at radius 2 is 1.83 bits per heavy atom. The van der Waals surface area contributed by atoms with Crippen LogP contribution in [0.25, 0.3) is 16.6 Å². The lowest BCUT2D eigenvalue weighted by molar-refractivity contribution is -0.115. The second-order valence-electron chi connectivity index (χ2n) is 6.65. The maximum atomic E-state index is 12.6. The van der Waals surface area contributed by atoms with E-state index in [1.807, 2.05) is 35.6 Å². The summed E-state index contributed by atoms with van der Waals surface area (Å²) in [4.78, 5) is 23.5. The highest BCUT2D eigenvalue weighted by Gasteiger charge is 2.19. The van der Waals surface area contributed by atoms with Gasteiger partial charge in [0.2, 0.25) is 5.91 Å².